The van der Waals surface area contributed by atoms with Gasteiger partial charge in [0, 0.05) is 30.4 Å². The molecule has 0 radical (unpaired) electrons. The highest BCUT2D eigenvalue weighted by atomic mass is 35.5. The van der Waals surface area contributed by atoms with Gasteiger partial charge in [-0.25, -0.2) is 9.67 Å². The minimum atomic E-state index is -0.131. The third-order valence-electron chi connectivity index (χ3n) is 3.33. The Morgan fingerprint density at radius 1 is 1.19 bits per heavy atom. The first-order valence-corrected chi connectivity index (χ1v) is 6.31. The summed E-state index contributed by atoms with van der Waals surface area (Å²) in [5, 5.41) is 2.95. The van der Waals surface area contributed by atoms with Crippen molar-refractivity contribution in [2.45, 2.75) is 13.8 Å². The lowest BCUT2D eigenvalue weighted by Gasteiger charge is -2.03. The number of aryl methyl sites for hydroxylation is 2. The lowest BCUT2D eigenvalue weighted by atomic mass is 10.1. The van der Waals surface area contributed by atoms with Gasteiger partial charge in [0.15, 0.2) is 5.82 Å². The van der Waals surface area contributed by atoms with E-state index in [4.69, 9.17) is 0 Å². The fourth-order valence-electron chi connectivity index (χ4n) is 2.00. The largest absolute Gasteiger partial charge is 0.296 e. The normalized spacial score (nSPS) is 10.2. The first-order valence-electron chi connectivity index (χ1n) is 6.31. The van der Waals surface area contributed by atoms with Crippen LogP contribution in [0.15, 0.2) is 47.8 Å². The number of nitrogens with one attached hydrogen (secondary N) is 1. The molecule has 0 amide bonds. The number of nitrogens with zero attached hydrogens (tertiary/aromatic N) is 3. The van der Waals surface area contributed by atoms with E-state index < -0.39 is 0 Å². The Morgan fingerprint density at radius 2 is 2.00 bits per heavy atom. The van der Waals surface area contributed by atoms with Crippen molar-refractivity contribution in [2.75, 3.05) is 0 Å². The van der Waals surface area contributed by atoms with E-state index in [0.29, 0.717) is 11.4 Å². The molecule has 0 saturated heterocycles. The van der Waals surface area contributed by atoms with Crippen LogP contribution in [0.25, 0.3) is 16.9 Å². The molecule has 3 aromatic heterocycles. The molecule has 3 aromatic rings. The van der Waals surface area contributed by atoms with Crippen molar-refractivity contribution in [3.63, 3.8) is 0 Å². The maximum absolute atomic E-state index is 12.4. The average Bonchev–Trinajstić information content (AvgIpc) is 2.85. The van der Waals surface area contributed by atoms with Gasteiger partial charge in [-0.2, -0.15) is 0 Å². The standard InChI is InChI=1S/C15H14N4O.ClH/c1-10-6-14(17-7-11(10)2)19-15(20)13(9-18-19)12-4-3-5-16-8-12;/h3-9,18H,1-2H3;1H. The van der Waals surface area contributed by atoms with E-state index in [1.807, 2.05) is 26.0 Å². The Balaban J connectivity index is 0.00000161. The van der Waals surface area contributed by atoms with Crippen LogP contribution in [-0.2, 0) is 0 Å². The molecule has 0 saturated carbocycles. The summed E-state index contributed by atoms with van der Waals surface area (Å²) in [5.41, 5.74) is 3.43. The summed E-state index contributed by atoms with van der Waals surface area (Å²) in [7, 11) is 0. The fourth-order valence-corrected chi connectivity index (χ4v) is 2.00. The summed E-state index contributed by atoms with van der Waals surface area (Å²) in [6.07, 6.45) is 6.79. The van der Waals surface area contributed by atoms with E-state index in [1.165, 1.54) is 4.68 Å². The second-order valence-electron chi connectivity index (χ2n) is 4.70. The maximum atomic E-state index is 12.4. The molecule has 1 N–H and O–H groups in total. The molecule has 3 heterocycles. The average molecular weight is 303 g/mol. The maximum Gasteiger partial charge on any atom is 0.280 e. The zero-order valence-electron chi connectivity index (χ0n) is 11.7. The monoisotopic (exact) mass is 302 g/mol. The van der Waals surface area contributed by atoms with Crippen molar-refractivity contribution in [3.05, 3.63) is 64.5 Å². The van der Waals surface area contributed by atoms with Gasteiger partial charge in [0.2, 0.25) is 0 Å². The molecule has 0 atom stereocenters. The molecule has 0 aromatic carbocycles. The van der Waals surface area contributed by atoms with Crippen LogP contribution in [0, 0.1) is 13.8 Å². The summed E-state index contributed by atoms with van der Waals surface area (Å²) in [4.78, 5) is 20.8. The van der Waals surface area contributed by atoms with E-state index in [2.05, 4.69) is 15.1 Å². The zero-order chi connectivity index (χ0) is 14.1. The van der Waals surface area contributed by atoms with Crippen LogP contribution in [0.5, 0.6) is 0 Å². The van der Waals surface area contributed by atoms with Crippen LogP contribution < -0.4 is 5.56 Å². The van der Waals surface area contributed by atoms with Crippen LogP contribution in [0.3, 0.4) is 0 Å². The molecule has 6 heteroatoms. The first-order chi connectivity index (χ1) is 9.66. The second kappa shape index (κ2) is 5.93. The minimum Gasteiger partial charge on any atom is -0.296 e. The molecule has 5 nitrogen and oxygen atoms in total. The Kier molecular flexibility index (Phi) is 4.23. The lowest BCUT2D eigenvalue weighted by Crippen LogP contribution is -2.17. The predicted octanol–water partition coefficient (Wildman–Crippen LogP) is 2.66. The predicted molar refractivity (Wildman–Crippen MR) is 84.1 cm³/mol. The van der Waals surface area contributed by atoms with Crippen LogP contribution in [0.4, 0.5) is 0 Å². The fraction of sp³-hybridized carbons (Fsp3) is 0.133. The number of hydrogen-bond donors (Lipinski definition) is 1. The van der Waals surface area contributed by atoms with Crippen LogP contribution in [-0.4, -0.2) is 19.7 Å². The highest BCUT2D eigenvalue weighted by Crippen LogP contribution is 2.14. The molecule has 0 fully saturated rings. The minimum absolute atomic E-state index is 0. The Bertz CT molecular complexity index is 808. The Hall–Kier alpha value is -2.40. The molecule has 3 rings (SSSR count). The number of halogens is 1. The van der Waals surface area contributed by atoms with E-state index in [9.17, 15) is 4.79 Å². The van der Waals surface area contributed by atoms with Crippen molar-refractivity contribution in [3.8, 4) is 16.9 Å². The van der Waals surface area contributed by atoms with Gasteiger partial charge in [-0.1, -0.05) is 6.07 Å². The van der Waals surface area contributed by atoms with Gasteiger partial charge in [-0.05, 0) is 37.1 Å². The van der Waals surface area contributed by atoms with Crippen molar-refractivity contribution >= 4 is 12.4 Å². The molecule has 108 valence electrons. The topological polar surface area (TPSA) is 63.6 Å². The van der Waals surface area contributed by atoms with Gasteiger partial charge >= 0.3 is 0 Å². The van der Waals surface area contributed by atoms with Gasteiger partial charge in [0.25, 0.3) is 5.56 Å². The second-order valence-corrected chi connectivity index (χ2v) is 4.70. The summed E-state index contributed by atoms with van der Waals surface area (Å²) >= 11 is 0. The number of aromatic amines is 1. The summed E-state index contributed by atoms with van der Waals surface area (Å²) in [6, 6.07) is 5.55. The van der Waals surface area contributed by atoms with Crippen LogP contribution in [0.1, 0.15) is 11.1 Å². The highest BCUT2D eigenvalue weighted by Gasteiger charge is 2.11. The molecule has 0 bridgehead atoms. The molecular formula is C15H15ClN4O. The van der Waals surface area contributed by atoms with Crippen molar-refractivity contribution in [2.24, 2.45) is 0 Å². The molecule has 0 spiro atoms. The van der Waals surface area contributed by atoms with E-state index in [-0.39, 0.29) is 18.0 Å². The molecular weight excluding hydrogens is 288 g/mol. The van der Waals surface area contributed by atoms with Gasteiger partial charge in [-0.3, -0.25) is 14.9 Å². The van der Waals surface area contributed by atoms with E-state index >= 15 is 0 Å². The van der Waals surface area contributed by atoms with Gasteiger partial charge in [0.1, 0.15) is 0 Å². The molecule has 0 aliphatic carbocycles. The van der Waals surface area contributed by atoms with E-state index in [1.54, 1.807) is 30.9 Å². The third-order valence-corrected chi connectivity index (χ3v) is 3.33. The molecule has 21 heavy (non-hydrogen) atoms. The smallest absolute Gasteiger partial charge is 0.280 e. The van der Waals surface area contributed by atoms with Gasteiger partial charge in [0.05, 0.1) is 5.56 Å². The lowest BCUT2D eigenvalue weighted by molar-refractivity contribution is 0.816. The quantitative estimate of drug-likeness (QED) is 0.791. The number of hydrogen-bond acceptors (Lipinski definition) is 3. The number of aromatic nitrogens is 4. The van der Waals surface area contributed by atoms with Crippen LogP contribution in [0.2, 0.25) is 0 Å². The zero-order valence-corrected chi connectivity index (χ0v) is 12.5. The Labute approximate surface area is 128 Å². The van der Waals surface area contributed by atoms with Crippen LogP contribution >= 0.6 is 12.4 Å². The van der Waals surface area contributed by atoms with Crippen molar-refractivity contribution < 1.29 is 0 Å². The number of H-pyrrole nitrogens is 1. The number of pyridine rings is 2. The van der Waals surface area contributed by atoms with Crippen molar-refractivity contribution in [1.29, 1.82) is 0 Å². The Morgan fingerprint density at radius 3 is 2.67 bits per heavy atom. The molecule has 0 aliphatic rings. The SMILES string of the molecule is Cc1cnc(-n2[nH]cc(-c3cccnc3)c2=O)cc1C.Cl. The molecule has 0 unspecified atom stereocenters. The molecule has 0 aliphatic heterocycles. The van der Waals surface area contributed by atoms with Gasteiger partial charge < -0.3 is 0 Å². The number of rotatable bonds is 2. The summed E-state index contributed by atoms with van der Waals surface area (Å²) < 4.78 is 1.44. The highest BCUT2D eigenvalue weighted by molar-refractivity contribution is 5.85. The first kappa shape index (κ1) is 15.0. The summed E-state index contributed by atoms with van der Waals surface area (Å²) in [5.74, 6) is 0.591. The van der Waals surface area contributed by atoms with Crippen molar-refractivity contribution in [1.82, 2.24) is 19.7 Å². The van der Waals surface area contributed by atoms with Gasteiger partial charge in [-0.15, -0.1) is 12.4 Å². The van der Waals surface area contributed by atoms with E-state index in [0.717, 1.165) is 16.7 Å². The summed E-state index contributed by atoms with van der Waals surface area (Å²) in [6.45, 7) is 3.99. The third kappa shape index (κ3) is 2.73.